The number of ether oxygens (including phenoxy) is 1. The van der Waals surface area contributed by atoms with Gasteiger partial charge in [0.15, 0.2) is 6.71 Å². The van der Waals surface area contributed by atoms with Crippen LogP contribution >= 0.6 is 0 Å². The highest BCUT2D eigenvalue weighted by molar-refractivity contribution is 6.70. The van der Waals surface area contributed by atoms with Crippen LogP contribution in [0.1, 0.15) is 13.8 Å². The van der Waals surface area contributed by atoms with Crippen molar-refractivity contribution in [3.63, 3.8) is 0 Å². The topological polar surface area (TPSA) is 31.2 Å². The average molecular weight is 285 g/mol. The van der Waals surface area contributed by atoms with E-state index in [1.54, 1.807) is 22.9 Å². The molecular weight excluding hydrogens is 261 g/mol. The van der Waals surface area contributed by atoms with Crippen LogP contribution in [0.25, 0.3) is 0 Å². The minimum absolute atomic E-state index is 0. The van der Waals surface area contributed by atoms with Gasteiger partial charge < -0.3 is 9.30 Å². The molecule has 0 atom stereocenters. The number of aromatic nitrogens is 1. The lowest BCUT2D eigenvalue weighted by atomic mass is 9.49. The van der Waals surface area contributed by atoms with Gasteiger partial charge in [0.25, 0.3) is 0 Å². The Bertz CT molecular complexity index is 590. The SMILES string of the molecule is C.CB(C)c1ccc(OCCCn2ccccc2=O)cc1. The van der Waals surface area contributed by atoms with E-state index in [0.717, 1.165) is 12.2 Å². The van der Waals surface area contributed by atoms with Gasteiger partial charge in [-0.1, -0.05) is 44.7 Å². The lowest BCUT2D eigenvalue weighted by Crippen LogP contribution is -2.21. The number of hydrogen-bond acceptors (Lipinski definition) is 2. The molecule has 0 saturated heterocycles. The number of nitrogens with zero attached hydrogens (tertiary/aromatic N) is 1. The second-order valence-corrected chi connectivity index (χ2v) is 5.16. The molecule has 0 unspecified atom stereocenters. The van der Waals surface area contributed by atoms with Crippen molar-refractivity contribution in [1.82, 2.24) is 4.57 Å². The first-order chi connectivity index (χ1) is 9.66. The molecule has 0 N–H and O–H groups in total. The summed E-state index contributed by atoms with van der Waals surface area (Å²) in [5, 5.41) is 0. The van der Waals surface area contributed by atoms with Crippen LogP contribution in [-0.4, -0.2) is 17.9 Å². The first kappa shape index (κ1) is 17.1. The molecule has 0 amide bonds. The van der Waals surface area contributed by atoms with Gasteiger partial charge in [-0.25, -0.2) is 0 Å². The van der Waals surface area contributed by atoms with Crippen LogP contribution in [0, 0.1) is 0 Å². The van der Waals surface area contributed by atoms with Gasteiger partial charge in [-0.3, -0.25) is 4.79 Å². The molecule has 1 aromatic heterocycles. The smallest absolute Gasteiger partial charge is 0.250 e. The number of pyridine rings is 1. The van der Waals surface area contributed by atoms with Crippen molar-refractivity contribution in [3.8, 4) is 5.75 Å². The molecule has 0 aliphatic rings. The number of hydrogen-bond donors (Lipinski definition) is 0. The number of rotatable bonds is 6. The van der Waals surface area contributed by atoms with Crippen molar-refractivity contribution in [2.45, 2.75) is 34.0 Å². The third-order valence-corrected chi connectivity index (χ3v) is 3.26. The molecule has 0 aliphatic heterocycles. The van der Waals surface area contributed by atoms with Crippen molar-refractivity contribution in [2.24, 2.45) is 0 Å². The first-order valence-corrected chi connectivity index (χ1v) is 7.05. The van der Waals surface area contributed by atoms with Crippen molar-refractivity contribution < 1.29 is 4.74 Å². The van der Waals surface area contributed by atoms with Gasteiger partial charge in [-0.15, -0.1) is 0 Å². The van der Waals surface area contributed by atoms with Gasteiger partial charge in [0.1, 0.15) is 5.75 Å². The van der Waals surface area contributed by atoms with Gasteiger partial charge >= 0.3 is 0 Å². The molecule has 0 aliphatic carbocycles. The van der Waals surface area contributed by atoms with E-state index in [9.17, 15) is 4.79 Å². The molecule has 3 nitrogen and oxygen atoms in total. The molecular formula is C17H24BNO2. The van der Waals surface area contributed by atoms with E-state index in [-0.39, 0.29) is 13.0 Å². The van der Waals surface area contributed by atoms with E-state index in [4.69, 9.17) is 4.74 Å². The fourth-order valence-electron chi connectivity index (χ4n) is 2.02. The van der Waals surface area contributed by atoms with Gasteiger partial charge in [0.2, 0.25) is 5.56 Å². The van der Waals surface area contributed by atoms with Gasteiger partial charge in [0.05, 0.1) is 6.61 Å². The summed E-state index contributed by atoms with van der Waals surface area (Å²) in [5.41, 5.74) is 1.35. The Hall–Kier alpha value is -1.97. The summed E-state index contributed by atoms with van der Waals surface area (Å²) in [6.07, 6.45) is 2.62. The fourth-order valence-corrected chi connectivity index (χ4v) is 2.02. The predicted molar refractivity (Wildman–Crippen MR) is 91.1 cm³/mol. The summed E-state index contributed by atoms with van der Waals surface area (Å²) in [5.74, 6) is 0.884. The second-order valence-electron chi connectivity index (χ2n) is 5.16. The Balaban J connectivity index is 0.00000220. The Labute approximate surface area is 127 Å². The molecule has 1 aromatic carbocycles. The average Bonchev–Trinajstić information content (AvgIpc) is 2.46. The maximum Gasteiger partial charge on any atom is 0.250 e. The quantitative estimate of drug-likeness (QED) is 0.603. The largest absolute Gasteiger partial charge is 0.494 e. The summed E-state index contributed by atoms with van der Waals surface area (Å²) >= 11 is 0. The second kappa shape index (κ2) is 8.35. The van der Waals surface area contributed by atoms with Crippen LogP contribution < -0.4 is 15.8 Å². The van der Waals surface area contributed by atoms with Crippen LogP contribution in [0.2, 0.25) is 13.6 Å². The minimum Gasteiger partial charge on any atom is -0.494 e. The van der Waals surface area contributed by atoms with Gasteiger partial charge in [-0.2, -0.15) is 0 Å². The molecule has 0 bridgehead atoms. The van der Waals surface area contributed by atoms with Crippen LogP contribution in [0.3, 0.4) is 0 Å². The highest BCUT2D eigenvalue weighted by Gasteiger charge is 2.02. The van der Waals surface area contributed by atoms with E-state index in [1.807, 2.05) is 18.2 Å². The van der Waals surface area contributed by atoms with Gasteiger partial charge in [-0.05, 0) is 24.6 Å². The highest BCUT2D eigenvalue weighted by atomic mass is 16.5. The fraction of sp³-hybridized carbons (Fsp3) is 0.353. The van der Waals surface area contributed by atoms with Gasteiger partial charge in [0, 0.05) is 18.8 Å². The van der Waals surface area contributed by atoms with E-state index < -0.39 is 0 Å². The molecule has 0 radical (unpaired) electrons. The Kier molecular flexibility index (Phi) is 6.79. The molecule has 21 heavy (non-hydrogen) atoms. The first-order valence-electron chi connectivity index (χ1n) is 7.05. The summed E-state index contributed by atoms with van der Waals surface area (Å²) in [6.45, 7) is 6.18. The number of benzene rings is 1. The van der Waals surface area contributed by atoms with Crippen LogP contribution in [0.15, 0.2) is 53.5 Å². The van der Waals surface area contributed by atoms with E-state index in [0.29, 0.717) is 19.9 Å². The predicted octanol–water partition coefficient (Wildman–Crippen LogP) is 2.91. The minimum atomic E-state index is 0. The van der Waals surface area contributed by atoms with Crippen LogP contribution in [-0.2, 0) is 6.54 Å². The van der Waals surface area contributed by atoms with Crippen molar-refractivity contribution >= 4 is 12.2 Å². The Morgan fingerprint density at radius 3 is 2.43 bits per heavy atom. The summed E-state index contributed by atoms with van der Waals surface area (Å²) < 4.78 is 7.39. The van der Waals surface area contributed by atoms with Crippen LogP contribution in [0.5, 0.6) is 5.75 Å². The molecule has 2 aromatic rings. The lowest BCUT2D eigenvalue weighted by Gasteiger charge is -2.09. The Morgan fingerprint density at radius 1 is 1.10 bits per heavy atom. The third-order valence-electron chi connectivity index (χ3n) is 3.26. The monoisotopic (exact) mass is 285 g/mol. The lowest BCUT2D eigenvalue weighted by molar-refractivity contribution is 0.301. The molecule has 112 valence electrons. The van der Waals surface area contributed by atoms with Crippen LogP contribution in [0.4, 0.5) is 0 Å². The molecule has 0 fully saturated rings. The van der Waals surface area contributed by atoms with E-state index in [2.05, 4.69) is 25.8 Å². The zero-order valence-corrected chi connectivity index (χ0v) is 12.1. The van der Waals surface area contributed by atoms with E-state index in [1.165, 1.54) is 5.46 Å². The molecule has 4 heteroatoms. The molecule has 2 rings (SSSR count). The van der Waals surface area contributed by atoms with E-state index >= 15 is 0 Å². The number of aryl methyl sites for hydroxylation is 1. The maximum atomic E-state index is 11.5. The third kappa shape index (κ3) is 5.14. The molecule has 1 heterocycles. The standard InChI is InChI=1S/C16H20BNO2.CH4/c1-17(2)14-7-9-15(10-8-14)20-13-5-12-18-11-4-3-6-16(18)19;/h3-4,6-11H,5,12-13H2,1-2H3;1H4. The maximum absolute atomic E-state index is 11.5. The van der Waals surface area contributed by atoms with Crippen molar-refractivity contribution in [3.05, 3.63) is 59.0 Å². The van der Waals surface area contributed by atoms with Crippen molar-refractivity contribution in [1.29, 1.82) is 0 Å². The zero-order chi connectivity index (χ0) is 14.4. The molecule has 0 saturated carbocycles. The normalized spacial score (nSPS) is 9.81. The summed E-state index contributed by atoms with van der Waals surface area (Å²) in [7, 11) is 0. The molecule has 0 spiro atoms. The zero-order valence-electron chi connectivity index (χ0n) is 12.1. The Morgan fingerprint density at radius 2 is 1.81 bits per heavy atom. The van der Waals surface area contributed by atoms with Crippen molar-refractivity contribution in [2.75, 3.05) is 6.61 Å². The summed E-state index contributed by atoms with van der Waals surface area (Å²) in [4.78, 5) is 11.5. The highest BCUT2D eigenvalue weighted by Crippen LogP contribution is 2.08. The summed E-state index contributed by atoms with van der Waals surface area (Å²) in [6, 6.07) is 13.4.